The van der Waals surface area contributed by atoms with Crippen LogP contribution in [-0.4, -0.2) is 71.1 Å². The van der Waals surface area contributed by atoms with E-state index in [2.05, 4.69) is 4.90 Å². The first-order valence-electron chi connectivity index (χ1n) is 6.55. The minimum absolute atomic E-state index is 0.215. The summed E-state index contributed by atoms with van der Waals surface area (Å²) in [5.74, 6) is 1.49. The molecule has 0 aliphatic carbocycles. The zero-order valence-corrected chi connectivity index (χ0v) is 11.1. The van der Waals surface area contributed by atoms with Gasteiger partial charge in [-0.25, -0.2) is 0 Å². The van der Waals surface area contributed by atoms with Gasteiger partial charge < -0.3 is 10.0 Å². The van der Waals surface area contributed by atoms with Crippen molar-refractivity contribution in [2.24, 2.45) is 0 Å². The standard InChI is InChI=1S/C12H22N2O2S/c15-9-8-13-4-2-5-14(7-6-13)12(16)11-3-1-10-17-11/h11,15H,1-10H2. The van der Waals surface area contributed by atoms with Crippen LogP contribution < -0.4 is 0 Å². The number of hydrogen-bond donors (Lipinski definition) is 1. The maximum Gasteiger partial charge on any atom is 0.235 e. The van der Waals surface area contributed by atoms with Gasteiger partial charge >= 0.3 is 0 Å². The SMILES string of the molecule is O=C(C1CCCS1)N1CCCN(CCO)CC1. The zero-order valence-electron chi connectivity index (χ0n) is 10.3. The predicted octanol–water partition coefficient (Wildman–Crippen LogP) is 0.409. The predicted molar refractivity (Wildman–Crippen MR) is 70.2 cm³/mol. The topological polar surface area (TPSA) is 43.8 Å². The first-order chi connectivity index (χ1) is 8.31. The highest BCUT2D eigenvalue weighted by atomic mass is 32.2. The van der Waals surface area contributed by atoms with Crippen LogP contribution in [0.4, 0.5) is 0 Å². The lowest BCUT2D eigenvalue weighted by molar-refractivity contribution is -0.130. The van der Waals surface area contributed by atoms with Gasteiger partial charge in [0.2, 0.25) is 5.91 Å². The molecule has 4 nitrogen and oxygen atoms in total. The molecular weight excluding hydrogens is 236 g/mol. The molecule has 0 aromatic rings. The Balaban J connectivity index is 1.83. The third-order valence-electron chi connectivity index (χ3n) is 3.52. The quantitative estimate of drug-likeness (QED) is 0.796. The second kappa shape index (κ2) is 6.61. The van der Waals surface area contributed by atoms with Crippen LogP contribution in [-0.2, 0) is 4.79 Å². The van der Waals surface area contributed by atoms with E-state index in [1.54, 1.807) is 0 Å². The summed E-state index contributed by atoms with van der Waals surface area (Å²) < 4.78 is 0. The fourth-order valence-corrected chi connectivity index (χ4v) is 3.78. The number of β-amino-alcohol motifs (C(OH)–C–C–N with tert-alkyl or cyclic N) is 1. The van der Waals surface area contributed by atoms with E-state index in [-0.39, 0.29) is 11.9 Å². The van der Waals surface area contributed by atoms with Gasteiger partial charge in [0.05, 0.1) is 11.9 Å². The minimum Gasteiger partial charge on any atom is -0.395 e. The largest absolute Gasteiger partial charge is 0.395 e. The van der Waals surface area contributed by atoms with Crippen LogP contribution in [0, 0.1) is 0 Å². The van der Waals surface area contributed by atoms with Crippen molar-refractivity contribution in [1.82, 2.24) is 9.80 Å². The number of aliphatic hydroxyl groups excluding tert-OH is 1. The zero-order chi connectivity index (χ0) is 12.1. The van der Waals surface area contributed by atoms with Gasteiger partial charge in [-0.2, -0.15) is 0 Å². The van der Waals surface area contributed by atoms with Crippen molar-refractivity contribution < 1.29 is 9.90 Å². The maximum atomic E-state index is 12.3. The molecule has 98 valence electrons. The Morgan fingerprint density at radius 3 is 2.82 bits per heavy atom. The Hall–Kier alpha value is -0.260. The average molecular weight is 258 g/mol. The molecule has 0 bridgehead atoms. The molecule has 5 heteroatoms. The van der Waals surface area contributed by atoms with Crippen molar-refractivity contribution in [3.05, 3.63) is 0 Å². The van der Waals surface area contributed by atoms with E-state index in [1.165, 1.54) is 6.42 Å². The Morgan fingerprint density at radius 1 is 1.24 bits per heavy atom. The molecule has 1 unspecified atom stereocenters. The molecule has 0 radical (unpaired) electrons. The average Bonchev–Trinajstić information content (AvgIpc) is 2.76. The van der Waals surface area contributed by atoms with Crippen LogP contribution in [0.25, 0.3) is 0 Å². The summed E-state index contributed by atoms with van der Waals surface area (Å²) in [4.78, 5) is 16.5. The summed E-state index contributed by atoms with van der Waals surface area (Å²) in [6.07, 6.45) is 3.27. The second-order valence-corrected chi connectivity index (χ2v) is 6.06. The molecule has 0 aromatic carbocycles. The van der Waals surface area contributed by atoms with E-state index in [0.717, 1.165) is 51.3 Å². The van der Waals surface area contributed by atoms with Crippen LogP contribution in [0.2, 0.25) is 0 Å². The Labute approximate surface area is 107 Å². The molecule has 0 spiro atoms. The lowest BCUT2D eigenvalue weighted by Gasteiger charge is -2.24. The highest BCUT2D eigenvalue weighted by Crippen LogP contribution is 2.27. The summed E-state index contributed by atoms with van der Waals surface area (Å²) >= 11 is 1.82. The summed E-state index contributed by atoms with van der Waals surface area (Å²) in [7, 11) is 0. The Bertz CT molecular complexity index is 257. The number of rotatable bonds is 3. The van der Waals surface area contributed by atoms with Crippen LogP contribution in [0.3, 0.4) is 0 Å². The van der Waals surface area contributed by atoms with E-state index >= 15 is 0 Å². The van der Waals surface area contributed by atoms with Crippen molar-refractivity contribution >= 4 is 17.7 Å². The molecule has 2 aliphatic rings. The van der Waals surface area contributed by atoms with Gasteiger partial charge in [-0.15, -0.1) is 11.8 Å². The molecule has 2 aliphatic heterocycles. The summed E-state index contributed by atoms with van der Waals surface area (Å²) in [6.45, 7) is 4.58. The molecule has 2 heterocycles. The van der Waals surface area contributed by atoms with Crippen LogP contribution in [0.1, 0.15) is 19.3 Å². The van der Waals surface area contributed by atoms with Gasteiger partial charge in [0.25, 0.3) is 0 Å². The highest BCUT2D eigenvalue weighted by molar-refractivity contribution is 8.00. The van der Waals surface area contributed by atoms with Crippen LogP contribution in [0.15, 0.2) is 0 Å². The van der Waals surface area contributed by atoms with E-state index in [1.807, 2.05) is 16.7 Å². The highest BCUT2D eigenvalue weighted by Gasteiger charge is 2.28. The van der Waals surface area contributed by atoms with Crippen molar-refractivity contribution in [1.29, 1.82) is 0 Å². The number of carbonyl (C=O) groups excluding carboxylic acids is 1. The molecule has 1 atom stereocenters. The lowest BCUT2D eigenvalue weighted by atomic mass is 10.2. The number of thioether (sulfide) groups is 1. The molecule has 0 saturated carbocycles. The normalized spacial score (nSPS) is 27.1. The maximum absolute atomic E-state index is 12.3. The molecule has 1 amide bonds. The molecule has 2 fully saturated rings. The third kappa shape index (κ3) is 3.60. The number of nitrogens with zero attached hydrogens (tertiary/aromatic N) is 2. The van der Waals surface area contributed by atoms with E-state index in [9.17, 15) is 4.79 Å². The van der Waals surface area contributed by atoms with Gasteiger partial charge in [-0.3, -0.25) is 9.69 Å². The van der Waals surface area contributed by atoms with Crippen LogP contribution in [0.5, 0.6) is 0 Å². The molecule has 1 N–H and O–H groups in total. The number of hydrogen-bond acceptors (Lipinski definition) is 4. The summed E-state index contributed by atoms with van der Waals surface area (Å²) in [5, 5.41) is 9.15. The third-order valence-corrected chi connectivity index (χ3v) is 4.89. The van der Waals surface area contributed by atoms with Gasteiger partial charge in [0.1, 0.15) is 0 Å². The van der Waals surface area contributed by atoms with Gasteiger partial charge in [-0.1, -0.05) is 0 Å². The fraction of sp³-hybridized carbons (Fsp3) is 0.917. The smallest absolute Gasteiger partial charge is 0.235 e. The molecule has 17 heavy (non-hydrogen) atoms. The van der Waals surface area contributed by atoms with Crippen LogP contribution >= 0.6 is 11.8 Å². The van der Waals surface area contributed by atoms with E-state index in [4.69, 9.17) is 5.11 Å². The number of carbonyl (C=O) groups is 1. The second-order valence-electron chi connectivity index (χ2n) is 4.75. The van der Waals surface area contributed by atoms with E-state index in [0.29, 0.717) is 5.91 Å². The first-order valence-corrected chi connectivity index (χ1v) is 7.60. The lowest BCUT2D eigenvalue weighted by Crippen LogP contribution is -2.39. The van der Waals surface area contributed by atoms with Crippen molar-refractivity contribution in [3.8, 4) is 0 Å². The van der Waals surface area contributed by atoms with Crippen molar-refractivity contribution in [3.63, 3.8) is 0 Å². The van der Waals surface area contributed by atoms with Gasteiger partial charge in [-0.05, 0) is 31.6 Å². The molecule has 2 rings (SSSR count). The van der Waals surface area contributed by atoms with Crippen molar-refractivity contribution in [2.45, 2.75) is 24.5 Å². The fourth-order valence-electron chi connectivity index (χ4n) is 2.53. The minimum atomic E-state index is 0.215. The Morgan fingerprint density at radius 2 is 2.12 bits per heavy atom. The molecular formula is C12H22N2O2S. The number of aliphatic hydroxyl groups is 1. The molecule has 0 aromatic heterocycles. The first kappa shape index (κ1) is 13.2. The summed E-state index contributed by atoms with van der Waals surface area (Å²) in [6, 6.07) is 0. The summed E-state index contributed by atoms with van der Waals surface area (Å²) in [5.41, 5.74) is 0. The van der Waals surface area contributed by atoms with Crippen molar-refractivity contribution in [2.75, 3.05) is 45.1 Å². The number of amides is 1. The molecule has 2 saturated heterocycles. The monoisotopic (exact) mass is 258 g/mol. The van der Waals surface area contributed by atoms with Gasteiger partial charge in [0, 0.05) is 26.2 Å². The van der Waals surface area contributed by atoms with E-state index < -0.39 is 0 Å². The van der Waals surface area contributed by atoms with Gasteiger partial charge in [0.15, 0.2) is 0 Å². The Kier molecular flexibility index (Phi) is 5.13.